The van der Waals surface area contributed by atoms with E-state index in [0.717, 1.165) is 30.9 Å². The van der Waals surface area contributed by atoms with Crippen LogP contribution in [-0.2, 0) is 17.6 Å². The van der Waals surface area contributed by atoms with E-state index in [0.29, 0.717) is 25.6 Å². The second-order valence-corrected chi connectivity index (χ2v) is 6.96. The summed E-state index contributed by atoms with van der Waals surface area (Å²) in [7, 11) is 1.65. The zero-order valence-electron chi connectivity index (χ0n) is 15.0. The van der Waals surface area contributed by atoms with E-state index >= 15 is 0 Å². The molecule has 1 N–H and O–H groups in total. The van der Waals surface area contributed by atoms with Crippen molar-refractivity contribution in [2.24, 2.45) is 5.92 Å². The second kappa shape index (κ2) is 7.28. The van der Waals surface area contributed by atoms with Gasteiger partial charge in [0.1, 0.15) is 11.5 Å². The summed E-state index contributed by atoms with van der Waals surface area (Å²) in [6.45, 7) is 2.58. The highest BCUT2D eigenvalue weighted by Crippen LogP contribution is 2.31. The lowest BCUT2D eigenvalue weighted by molar-refractivity contribution is -0.120. The average molecular weight is 352 g/mol. The topological polar surface area (TPSA) is 50.8 Å². The molecule has 0 unspecified atom stereocenters. The molecule has 0 bridgehead atoms. The minimum Gasteiger partial charge on any atom is -0.497 e. The maximum absolute atomic E-state index is 12.4. The minimum absolute atomic E-state index is 0.0715. The standard InChI is InChI=1S/C21H24N2O3/c1-25-18-7-6-17-10-15(14-26-20(17)11-18)12-22-21(24)13-23-9-8-16-4-2-3-5-19(16)23/h2-7,11,15H,8-10,12-14H2,1H3,(H,22,24)/t15-/m1/s1. The van der Waals surface area contributed by atoms with Crippen molar-refractivity contribution in [2.75, 3.05) is 38.3 Å². The first-order valence-corrected chi connectivity index (χ1v) is 9.12. The van der Waals surface area contributed by atoms with Crippen molar-refractivity contribution in [3.05, 3.63) is 53.6 Å². The van der Waals surface area contributed by atoms with Gasteiger partial charge in [-0.15, -0.1) is 0 Å². The normalized spacial score (nSPS) is 17.9. The average Bonchev–Trinajstić information content (AvgIpc) is 3.08. The van der Waals surface area contributed by atoms with Gasteiger partial charge in [-0.3, -0.25) is 4.79 Å². The molecule has 2 aromatic carbocycles. The van der Waals surface area contributed by atoms with E-state index in [4.69, 9.17) is 9.47 Å². The zero-order chi connectivity index (χ0) is 17.9. The molecule has 0 fully saturated rings. The third-order valence-corrected chi connectivity index (χ3v) is 5.16. The van der Waals surface area contributed by atoms with Crippen LogP contribution in [0.3, 0.4) is 0 Å². The molecule has 0 aromatic heterocycles. The van der Waals surface area contributed by atoms with Crippen LogP contribution < -0.4 is 19.7 Å². The van der Waals surface area contributed by atoms with Crippen molar-refractivity contribution in [1.82, 2.24) is 5.32 Å². The molecule has 5 nitrogen and oxygen atoms in total. The first kappa shape index (κ1) is 16.8. The van der Waals surface area contributed by atoms with Crippen LogP contribution in [0, 0.1) is 5.92 Å². The molecule has 2 aliphatic heterocycles. The Morgan fingerprint density at radius 2 is 2.15 bits per heavy atom. The van der Waals surface area contributed by atoms with Crippen molar-refractivity contribution in [1.29, 1.82) is 0 Å². The summed E-state index contributed by atoms with van der Waals surface area (Å²) in [5.74, 6) is 2.06. The molecule has 1 amide bonds. The van der Waals surface area contributed by atoms with Crippen molar-refractivity contribution in [3.63, 3.8) is 0 Å². The fourth-order valence-corrected chi connectivity index (χ4v) is 3.73. The lowest BCUT2D eigenvalue weighted by Gasteiger charge is -2.26. The molecule has 5 heteroatoms. The Bertz CT molecular complexity index is 806. The molecule has 0 saturated carbocycles. The number of anilines is 1. The van der Waals surface area contributed by atoms with E-state index in [1.54, 1.807) is 7.11 Å². The lowest BCUT2D eigenvalue weighted by atomic mass is 9.96. The van der Waals surface area contributed by atoms with E-state index in [-0.39, 0.29) is 5.91 Å². The molecule has 2 aliphatic rings. The van der Waals surface area contributed by atoms with Crippen molar-refractivity contribution < 1.29 is 14.3 Å². The number of amides is 1. The van der Waals surface area contributed by atoms with Crippen LogP contribution in [-0.4, -0.2) is 39.3 Å². The van der Waals surface area contributed by atoms with Crippen molar-refractivity contribution in [2.45, 2.75) is 12.8 Å². The molecule has 1 atom stereocenters. The van der Waals surface area contributed by atoms with Gasteiger partial charge in [0.25, 0.3) is 0 Å². The summed E-state index contributed by atoms with van der Waals surface area (Å²) in [5.41, 5.74) is 3.68. The van der Waals surface area contributed by atoms with Gasteiger partial charge >= 0.3 is 0 Å². The van der Waals surface area contributed by atoms with Crippen LogP contribution in [0.4, 0.5) is 5.69 Å². The SMILES string of the molecule is COc1ccc2c(c1)OC[C@@H](CNC(=O)CN1CCc3ccccc31)C2. The van der Waals surface area contributed by atoms with Gasteiger partial charge in [-0.25, -0.2) is 0 Å². The number of nitrogens with one attached hydrogen (secondary N) is 1. The smallest absolute Gasteiger partial charge is 0.239 e. The maximum atomic E-state index is 12.4. The van der Waals surface area contributed by atoms with Crippen molar-refractivity contribution >= 4 is 11.6 Å². The molecule has 0 aliphatic carbocycles. The minimum atomic E-state index is 0.0715. The number of carbonyl (C=O) groups is 1. The molecule has 4 rings (SSSR count). The highest BCUT2D eigenvalue weighted by atomic mass is 16.5. The van der Waals surface area contributed by atoms with Gasteiger partial charge in [-0.2, -0.15) is 0 Å². The number of benzene rings is 2. The summed E-state index contributed by atoms with van der Waals surface area (Å²) in [4.78, 5) is 14.5. The fraction of sp³-hybridized carbons (Fsp3) is 0.381. The summed E-state index contributed by atoms with van der Waals surface area (Å²) in [6.07, 6.45) is 1.92. The fourth-order valence-electron chi connectivity index (χ4n) is 3.73. The number of nitrogens with zero attached hydrogens (tertiary/aromatic N) is 1. The van der Waals surface area contributed by atoms with E-state index in [1.165, 1.54) is 16.8 Å². The van der Waals surface area contributed by atoms with Crippen molar-refractivity contribution in [3.8, 4) is 11.5 Å². The number of hydrogen-bond acceptors (Lipinski definition) is 4. The Labute approximate surface area is 153 Å². The van der Waals surface area contributed by atoms with Crippen LogP contribution in [0.25, 0.3) is 0 Å². The summed E-state index contributed by atoms with van der Waals surface area (Å²) in [5, 5.41) is 3.08. The number of para-hydroxylation sites is 1. The molecule has 26 heavy (non-hydrogen) atoms. The first-order chi connectivity index (χ1) is 12.7. The van der Waals surface area contributed by atoms with Gasteiger partial charge in [0.05, 0.1) is 20.3 Å². The summed E-state index contributed by atoms with van der Waals surface area (Å²) in [6, 6.07) is 14.2. The predicted molar refractivity (Wildman–Crippen MR) is 101 cm³/mol. The van der Waals surface area contributed by atoms with Gasteiger partial charge < -0.3 is 19.7 Å². The largest absolute Gasteiger partial charge is 0.497 e. The molecule has 0 spiro atoms. The Kier molecular flexibility index (Phi) is 4.69. The van der Waals surface area contributed by atoms with E-state index in [9.17, 15) is 4.79 Å². The Balaban J connectivity index is 1.29. The van der Waals surface area contributed by atoms with Gasteiger partial charge in [0.15, 0.2) is 0 Å². The molecule has 0 radical (unpaired) electrons. The quantitative estimate of drug-likeness (QED) is 0.898. The Morgan fingerprint density at radius 1 is 1.27 bits per heavy atom. The van der Waals surface area contributed by atoms with Gasteiger partial charge in [0.2, 0.25) is 5.91 Å². The number of rotatable bonds is 5. The number of ether oxygens (including phenoxy) is 2. The zero-order valence-corrected chi connectivity index (χ0v) is 15.0. The molecule has 136 valence electrons. The number of methoxy groups -OCH3 is 1. The lowest BCUT2D eigenvalue weighted by Crippen LogP contribution is -2.40. The number of hydrogen-bond donors (Lipinski definition) is 1. The van der Waals surface area contributed by atoms with Gasteiger partial charge in [-0.1, -0.05) is 24.3 Å². The van der Waals surface area contributed by atoms with Crippen LogP contribution >= 0.6 is 0 Å². The number of carbonyl (C=O) groups excluding carboxylic acids is 1. The molecule has 0 saturated heterocycles. The highest BCUT2D eigenvalue weighted by Gasteiger charge is 2.23. The second-order valence-electron chi connectivity index (χ2n) is 6.96. The van der Waals surface area contributed by atoms with Crippen LogP contribution in [0.2, 0.25) is 0 Å². The van der Waals surface area contributed by atoms with E-state index < -0.39 is 0 Å². The van der Waals surface area contributed by atoms with E-state index in [1.807, 2.05) is 24.3 Å². The van der Waals surface area contributed by atoms with Crippen LogP contribution in [0.5, 0.6) is 11.5 Å². The number of fused-ring (bicyclic) bond motifs is 2. The maximum Gasteiger partial charge on any atom is 0.239 e. The van der Waals surface area contributed by atoms with E-state index in [2.05, 4.69) is 28.4 Å². The highest BCUT2D eigenvalue weighted by molar-refractivity contribution is 5.82. The summed E-state index contributed by atoms with van der Waals surface area (Å²) >= 11 is 0. The van der Waals surface area contributed by atoms with Crippen LogP contribution in [0.15, 0.2) is 42.5 Å². The van der Waals surface area contributed by atoms with Gasteiger partial charge in [0, 0.05) is 30.8 Å². The van der Waals surface area contributed by atoms with Gasteiger partial charge in [-0.05, 0) is 36.1 Å². The molecular weight excluding hydrogens is 328 g/mol. The predicted octanol–water partition coefficient (Wildman–Crippen LogP) is 2.43. The molecular formula is C21H24N2O3. The Hall–Kier alpha value is -2.69. The van der Waals surface area contributed by atoms with Crippen LogP contribution in [0.1, 0.15) is 11.1 Å². The third kappa shape index (κ3) is 3.47. The first-order valence-electron chi connectivity index (χ1n) is 9.12. The third-order valence-electron chi connectivity index (χ3n) is 5.16. The molecule has 2 aromatic rings. The summed E-state index contributed by atoms with van der Waals surface area (Å²) < 4.78 is 11.1. The molecule has 2 heterocycles. The Morgan fingerprint density at radius 3 is 3.04 bits per heavy atom. The monoisotopic (exact) mass is 352 g/mol.